The van der Waals surface area contributed by atoms with Crippen LogP contribution < -0.4 is 4.90 Å². The zero-order valence-corrected chi connectivity index (χ0v) is 12.5. The fourth-order valence-corrected chi connectivity index (χ4v) is 4.82. The van der Waals surface area contributed by atoms with Crippen molar-refractivity contribution in [3.05, 3.63) is 18.0 Å². The van der Waals surface area contributed by atoms with E-state index in [1.165, 1.54) is 0 Å². The van der Waals surface area contributed by atoms with Gasteiger partial charge in [-0.2, -0.15) is 0 Å². The molecule has 3 rings (SSSR count). The van der Waals surface area contributed by atoms with Crippen LogP contribution in [0.3, 0.4) is 0 Å². The molecule has 1 aromatic heterocycles. The van der Waals surface area contributed by atoms with Crippen molar-refractivity contribution in [1.29, 1.82) is 0 Å². The fraction of sp³-hybridized carbons (Fsp3) is 0.692. The molecule has 0 aromatic carbocycles. The lowest BCUT2D eigenvalue weighted by Crippen LogP contribution is -2.38. The molecule has 2 saturated heterocycles. The number of hydrogen-bond donors (Lipinski definition) is 0. The molecule has 110 valence electrons. The van der Waals surface area contributed by atoms with E-state index in [1.54, 1.807) is 16.7 Å². The number of aryl methyl sites for hydroxylation is 1. The molecule has 1 atom stereocenters. The van der Waals surface area contributed by atoms with Crippen LogP contribution in [0.4, 0.5) is 5.95 Å². The van der Waals surface area contributed by atoms with Crippen molar-refractivity contribution in [2.75, 3.05) is 31.1 Å². The van der Waals surface area contributed by atoms with Gasteiger partial charge in [-0.3, -0.25) is 0 Å². The second-order valence-corrected chi connectivity index (χ2v) is 7.78. The van der Waals surface area contributed by atoms with Crippen LogP contribution in [0.2, 0.25) is 0 Å². The average Bonchev–Trinajstić information content (AvgIpc) is 3.12. The van der Waals surface area contributed by atoms with Crippen molar-refractivity contribution in [3.8, 4) is 0 Å². The number of aromatic nitrogens is 2. The highest BCUT2D eigenvalue weighted by atomic mass is 32.2. The lowest BCUT2D eigenvalue weighted by atomic mass is 10.4. The second kappa shape index (κ2) is 5.29. The minimum absolute atomic E-state index is 0.314. The topological polar surface area (TPSA) is 66.4 Å². The third-order valence-corrected chi connectivity index (χ3v) is 6.35. The highest BCUT2D eigenvalue weighted by molar-refractivity contribution is 7.89. The summed E-state index contributed by atoms with van der Waals surface area (Å²) in [4.78, 5) is 10.5. The Balaban J connectivity index is 1.71. The fourth-order valence-electron chi connectivity index (χ4n) is 2.86. The van der Waals surface area contributed by atoms with Gasteiger partial charge in [-0.15, -0.1) is 0 Å². The van der Waals surface area contributed by atoms with Gasteiger partial charge in [0.1, 0.15) is 0 Å². The molecule has 2 aliphatic heterocycles. The summed E-state index contributed by atoms with van der Waals surface area (Å²) in [5, 5.41) is -0.314. The highest BCUT2D eigenvalue weighted by Gasteiger charge is 2.38. The quantitative estimate of drug-likeness (QED) is 0.825. The van der Waals surface area contributed by atoms with Crippen LogP contribution >= 0.6 is 0 Å². The Morgan fingerprint density at radius 1 is 1.15 bits per heavy atom. The normalized spacial score (nSPS) is 24.4. The summed E-state index contributed by atoms with van der Waals surface area (Å²) in [6.07, 6.45) is 6.17. The summed E-state index contributed by atoms with van der Waals surface area (Å²) in [6.45, 7) is 4.51. The minimum Gasteiger partial charge on any atom is -0.339 e. The van der Waals surface area contributed by atoms with Gasteiger partial charge in [-0.05, 0) is 31.7 Å². The molecule has 1 unspecified atom stereocenters. The Morgan fingerprint density at radius 2 is 1.80 bits per heavy atom. The smallest absolute Gasteiger partial charge is 0.225 e. The minimum atomic E-state index is -3.15. The summed E-state index contributed by atoms with van der Waals surface area (Å²) in [5.41, 5.74) is 1.01. The molecular formula is C13H20N4O2S. The van der Waals surface area contributed by atoms with Gasteiger partial charge in [0.25, 0.3) is 0 Å². The zero-order valence-electron chi connectivity index (χ0n) is 11.7. The summed E-state index contributed by atoms with van der Waals surface area (Å²) in [6, 6.07) is 0. The van der Waals surface area contributed by atoms with E-state index in [1.807, 2.05) is 11.8 Å². The molecule has 0 spiro atoms. The Morgan fingerprint density at radius 3 is 2.45 bits per heavy atom. The standard InChI is InChI=1S/C13H20N4O2S/c1-11-8-14-13(15-9-11)16-7-4-12(10-16)20(18,19)17-5-2-3-6-17/h8-9,12H,2-7,10H2,1H3. The van der Waals surface area contributed by atoms with E-state index in [9.17, 15) is 8.42 Å². The van der Waals surface area contributed by atoms with E-state index in [0.717, 1.165) is 18.4 Å². The van der Waals surface area contributed by atoms with Crippen LogP contribution in [0.15, 0.2) is 12.4 Å². The van der Waals surface area contributed by atoms with Gasteiger partial charge < -0.3 is 4.90 Å². The van der Waals surface area contributed by atoms with E-state index in [-0.39, 0.29) is 5.25 Å². The first kappa shape index (κ1) is 13.8. The van der Waals surface area contributed by atoms with E-state index in [2.05, 4.69) is 9.97 Å². The molecule has 0 amide bonds. The van der Waals surface area contributed by atoms with Crippen LogP contribution in [-0.4, -0.2) is 54.1 Å². The highest BCUT2D eigenvalue weighted by Crippen LogP contribution is 2.25. The SMILES string of the molecule is Cc1cnc(N2CCC(S(=O)(=O)N3CCCC3)C2)nc1. The predicted molar refractivity (Wildman–Crippen MR) is 77.1 cm³/mol. The lowest BCUT2D eigenvalue weighted by molar-refractivity contribution is 0.467. The molecule has 2 aliphatic rings. The maximum atomic E-state index is 12.5. The van der Waals surface area contributed by atoms with E-state index >= 15 is 0 Å². The maximum absolute atomic E-state index is 12.5. The largest absolute Gasteiger partial charge is 0.339 e. The van der Waals surface area contributed by atoms with Crippen molar-refractivity contribution >= 4 is 16.0 Å². The van der Waals surface area contributed by atoms with Gasteiger partial charge in [-0.25, -0.2) is 22.7 Å². The van der Waals surface area contributed by atoms with E-state index < -0.39 is 10.0 Å². The lowest BCUT2D eigenvalue weighted by Gasteiger charge is -2.21. The van der Waals surface area contributed by atoms with Crippen molar-refractivity contribution in [3.63, 3.8) is 0 Å². The Labute approximate surface area is 119 Å². The van der Waals surface area contributed by atoms with Gasteiger partial charge in [0, 0.05) is 38.6 Å². The molecule has 0 N–H and O–H groups in total. The number of hydrogen-bond acceptors (Lipinski definition) is 5. The first-order valence-electron chi connectivity index (χ1n) is 7.10. The van der Waals surface area contributed by atoms with Crippen LogP contribution in [0, 0.1) is 6.92 Å². The maximum Gasteiger partial charge on any atom is 0.225 e. The second-order valence-electron chi connectivity index (χ2n) is 5.57. The molecule has 0 aliphatic carbocycles. The molecule has 1 aromatic rings. The van der Waals surface area contributed by atoms with Gasteiger partial charge in [0.15, 0.2) is 0 Å². The van der Waals surface area contributed by atoms with Crippen LogP contribution in [0.5, 0.6) is 0 Å². The number of sulfonamides is 1. The number of nitrogens with zero attached hydrogens (tertiary/aromatic N) is 4. The molecule has 20 heavy (non-hydrogen) atoms. The summed E-state index contributed by atoms with van der Waals surface area (Å²) < 4.78 is 26.7. The van der Waals surface area contributed by atoms with Gasteiger partial charge in [0.2, 0.25) is 16.0 Å². The molecule has 3 heterocycles. The molecule has 0 saturated carbocycles. The third kappa shape index (κ3) is 2.52. The van der Waals surface area contributed by atoms with E-state index in [0.29, 0.717) is 38.5 Å². The van der Waals surface area contributed by atoms with Crippen molar-refractivity contribution in [1.82, 2.24) is 14.3 Å². The number of rotatable bonds is 3. The van der Waals surface area contributed by atoms with Crippen LogP contribution in [0.25, 0.3) is 0 Å². The third-order valence-electron chi connectivity index (χ3n) is 4.04. The molecule has 2 fully saturated rings. The average molecular weight is 296 g/mol. The van der Waals surface area contributed by atoms with E-state index in [4.69, 9.17) is 0 Å². The Hall–Kier alpha value is -1.21. The van der Waals surface area contributed by atoms with Crippen LogP contribution in [-0.2, 0) is 10.0 Å². The molecule has 6 nitrogen and oxygen atoms in total. The Bertz CT molecular complexity index is 567. The first-order valence-corrected chi connectivity index (χ1v) is 8.60. The van der Waals surface area contributed by atoms with Crippen molar-refractivity contribution in [2.45, 2.75) is 31.4 Å². The van der Waals surface area contributed by atoms with Crippen molar-refractivity contribution < 1.29 is 8.42 Å². The predicted octanol–water partition coefficient (Wildman–Crippen LogP) is 0.789. The van der Waals surface area contributed by atoms with Crippen LogP contribution in [0.1, 0.15) is 24.8 Å². The summed E-state index contributed by atoms with van der Waals surface area (Å²) >= 11 is 0. The zero-order chi connectivity index (χ0) is 14.2. The van der Waals surface area contributed by atoms with Gasteiger partial charge >= 0.3 is 0 Å². The summed E-state index contributed by atoms with van der Waals surface area (Å²) in [7, 11) is -3.15. The summed E-state index contributed by atoms with van der Waals surface area (Å²) in [5.74, 6) is 0.634. The Kier molecular flexibility index (Phi) is 3.64. The van der Waals surface area contributed by atoms with Crippen molar-refractivity contribution in [2.24, 2.45) is 0 Å². The molecule has 0 radical (unpaired) electrons. The molecule has 7 heteroatoms. The number of anilines is 1. The molecular weight excluding hydrogens is 276 g/mol. The monoisotopic (exact) mass is 296 g/mol. The first-order chi connectivity index (χ1) is 9.57. The van der Waals surface area contributed by atoms with Gasteiger partial charge in [0.05, 0.1) is 5.25 Å². The van der Waals surface area contributed by atoms with Gasteiger partial charge in [-0.1, -0.05) is 0 Å². The molecule has 0 bridgehead atoms.